The fraction of sp³-hybridized carbons (Fsp3) is 0.200. The predicted octanol–water partition coefficient (Wildman–Crippen LogP) is 4.18. The summed E-state index contributed by atoms with van der Waals surface area (Å²) in [5, 5.41) is 0. The van der Waals surface area contributed by atoms with Crippen molar-refractivity contribution in [1.82, 2.24) is 0 Å². The lowest BCUT2D eigenvalue weighted by atomic mass is 10.0. The van der Waals surface area contributed by atoms with Crippen molar-refractivity contribution < 1.29 is 0 Å². The van der Waals surface area contributed by atoms with Gasteiger partial charge in [-0.05, 0) is 48.6 Å². The number of rotatable bonds is 2. The molecule has 0 atom stereocenters. The molecule has 0 amide bonds. The molecule has 0 nitrogen and oxygen atoms in total. The van der Waals surface area contributed by atoms with Crippen LogP contribution in [0.15, 0.2) is 47.4 Å². The van der Waals surface area contributed by atoms with Crippen molar-refractivity contribution in [2.24, 2.45) is 0 Å². The van der Waals surface area contributed by atoms with Crippen molar-refractivity contribution in [2.75, 3.05) is 0 Å². The van der Waals surface area contributed by atoms with Crippen molar-refractivity contribution in [3.8, 4) is 0 Å². The lowest BCUT2D eigenvalue weighted by Crippen LogP contribution is -1.91. The molecule has 82 valence electrons. The molecule has 0 aliphatic heterocycles. The Kier molecular flexibility index (Phi) is 3.35. The van der Waals surface area contributed by atoms with Crippen molar-refractivity contribution in [3.05, 3.63) is 64.7 Å². The van der Waals surface area contributed by atoms with Gasteiger partial charge in [-0.25, -0.2) is 0 Å². The Morgan fingerprint density at radius 1 is 0.938 bits per heavy atom. The first-order chi connectivity index (χ1) is 7.66. The Morgan fingerprint density at radius 3 is 2.38 bits per heavy atom. The maximum Gasteiger partial charge on any atom is 0.00754 e. The second-order valence-electron chi connectivity index (χ2n) is 4.22. The highest BCUT2D eigenvalue weighted by Gasteiger charge is 2.01. The Morgan fingerprint density at radius 2 is 1.69 bits per heavy atom. The minimum absolute atomic E-state index is 0.959. The van der Waals surface area contributed by atoms with Crippen LogP contribution in [-0.2, 0) is 6.42 Å². The summed E-state index contributed by atoms with van der Waals surface area (Å²) in [7, 11) is 0. The fourth-order valence-corrected chi connectivity index (χ4v) is 2.03. The van der Waals surface area contributed by atoms with Crippen LogP contribution in [0.5, 0.6) is 0 Å². The first-order valence-electron chi connectivity index (χ1n) is 5.50. The van der Waals surface area contributed by atoms with Crippen LogP contribution < -0.4 is 0 Å². The van der Waals surface area contributed by atoms with E-state index in [0.29, 0.717) is 0 Å². The quantitative estimate of drug-likeness (QED) is 0.732. The molecule has 0 radical (unpaired) electrons. The molecular formula is C15H16S. The van der Waals surface area contributed by atoms with Crippen molar-refractivity contribution in [2.45, 2.75) is 25.2 Å². The molecular weight excluding hydrogens is 212 g/mol. The van der Waals surface area contributed by atoms with Crippen molar-refractivity contribution in [1.29, 1.82) is 0 Å². The zero-order valence-electron chi connectivity index (χ0n) is 9.70. The van der Waals surface area contributed by atoms with Gasteiger partial charge >= 0.3 is 0 Å². The molecule has 2 rings (SSSR count). The summed E-state index contributed by atoms with van der Waals surface area (Å²) in [4.78, 5) is 1.07. The molecule has 0 fully saturated rings. The van der Waals surface area contributed by atoms with Gasteiger partial charge in [0, 0.05) is 4.90 Å². The van der Waals surface area contributed by atoms with Crippen LogP contribution in [0.1, 0.15) is 22.3 Å². The fourth-order valence-electron chi connectivity index (χ4n) is 1.79. The van der Waals surface area contributed by atoms with E-state index in [1.165, 1.54) is 22.3 Å². The summed E-state index contributed by atoms with van der Waals surface area (Å²) < 4.78 is 0. The van der Waals surface area contributed by atoms with Gasteiger partial charge in [-0.2, -0.15) is 0 Å². The number of aryl methyl sites for hydroxylation is 2. The lowest BCUT2D eigenvalue weighted by Gasteiger charge is -2.07. The van der Waals surface area contributed by atoms with E-state index >= 15 is 0 Å². The van der Waals surface area contributed by atoms with Gasteiger partial charge in [-0.3, -0.25) is 0 Å². The summed E-state index contributed by atoms with van der Waals surface area (Å²) in [5.74, 6) is 0. The first kappa shape index (κ1) is 11.3. The second-order valence-corrected chi connectivity index (χ2v) is 4.71. The van der Waals surface area contributed by atoms with Crippen molar-refractivity contribution in [3.63, 3.8) is 0 Å². The van der Waals surface area contributed by atoms with E-state index in [4.69, 9.17) is 0 Å². The van der Waals surface area contributed by atoms with Crippen LogP contribution in [0.25, 0.3) is 0 Å². The summed E-state index contributed by atoms with van der Waals surface area (Å²) in [6.07, 6.45) is 0.959. The third-order valence-corrected chi connectivity index (χ3v) is 3.39. The molecule has 1 heteroatoms. The molecule has 2 aromatic rings. The van der Waals surface area contributed by atoms with Gasteiger partial charge in [0.1, 0.15) is 0 Å². The van der Waals surface area contributed by atoms with Gasteiger partial charge in [0.05, 0.1) is 0 Å². The highest BCUT2D eigenvalue weighted by Crippen LogP contribution is 2.19. The van der Waals surface area contributed by atoms with Crippen LogP contribution in [0.2, 0.25) is 0 Å². The predicted molar refractivity (Wildman–Crippen MR) is 72.4 cm³/mol. The van der Waals surface area contributed by atoms with Gasteiger partial charge in [0.25, 0.3) is 0 Å². The Bertz CT molecular complexity index is 501. The number of hydrogen-bond donors (Lipinski definition) is 1. The summed E-state index contributed by atoms with van der Waals surface area (Å²) in [5.41, 5.74) is 5.34. The number of thiol groups is 1. The normalized spacial score (nSPS) is 10.4. The molecule has 16 heavy (non-hydrogen) atoms. The molecule has 0 aliphatic rings. The van der Waals surface area contributed by atoms with Gasteiger partial charge in [0.15, 0.2) is 0 Å². The summed E-state index contributed by atoms with van der Waals surface area (Å²) in [6, 6.07) is 14.9. The summed E-state index contributed by atoms with van der Waals surface area (Å²) >= 11 is 4.47. The molecule has 0 saturated carbocycles. The van der Waals surface area contributed by atoms with E-state index in [1.807, 2.05) is 12.1 Å². The minimum Gasteiger partial charge on any atom is -0.143 e. The number of benzene rings is 2. The maximum absolute atomic E-state index is 4.47. The van der Waals surface area contributed by atoms with Gasteiger partial charge in [-0.1, -0.05) is 36.4 Å². The maximum atomic E-state index is 4.47. The molecule has 0 unspecified atom stereocenters. The highest BCUT2D eigenvalue weighted by molar-refractivity contribution is 7.80. The van der Waals surface area contributed by atoms with E-state index in [1.54, 1.807) is 0 Å². The topological polar surface area (TPSA) is 0 Å². The molecule has 0 aromatic heterocycles. The Hall–Kier alpha value is -1.21. The van der Waals surface area contributed by atoms with Crippen LogP contribution in [-0.4, -0.2) is 0 Å². The molecule has 0 saturated heterocycles. The smallest absolute Gasteiger partial charge is 0.00754 e. The third-order valence-electron chi connectivity index (χ3n) is 2.96. The summed E-state index contributed by atoms with van der Waals surface area (Å²) in [6.45, 7) is 4.30. The van der Waals surface area contributed by atoms with E-state index in [2.05, 4.69) is 56.8 Å². The van der Waals surface area contributed by atoms with Crippen LogP contribution in [0.3, 0.4) is 0 Å². The molecule has 0 spiro atoms. The number of hydrogen-bond acceptors (Lipinski definition) is 1. The SMILES string of the molecule is Cc1ccc(Cc2ccccc2S)cc1C. The molecule has 0 N–H and O–H groups in total. The molecule has 2 aromatic carbocycles. The van der Waals surface area contributed by atoms with Gasteiger partial charge < -0.3 is 0 Å². The zero-order valence-corrected chi connectivity index (χ0v) is 10.6. The first-order valence-corrected chi connectivity index (χ1v) is 5.94. The standard InChI is InChI=1S/C15H16S/c1-11-7-8-13(9-12(11)2)10-14-5-3-4-6-15(14)16/h3-9,16H,10H2,1-2H3. The van der Waals surface area contributed by atoms with Crippen LogP contribution in [0.4, 0.5) is 0 Å². The monoisotopic (exact) mass is 228 g/mol. The average molecular weight is 228 g/mol. The van der Waals surface area contributed by atoms with E-state index < -0.39 is 0 Å². The molecule has 0 heterocycles. The Balaban J connectivity index is 2.28. The zero-order chi connectivity index (χ0) is 11.5. The van der Waals surface area contributed by atoms with E-state index in [9.17, 15) is 0 Å². The molecule has 0 aliphatic carbocycles. The highest BCUT2D eigenvalue weighted by atomic mass is 32.1. The largest absolute Gasteiger partial charge is 0.143 e. The van der Waals surface area contributed by atoms with Crippen molar-refractivity contribution >= 4 is 12.6 Å². The third kappa shape index (κ3) is 2.48. The Labute approximate surface area is 103 Å². The van der Waals surface area contributed by atoms with Crippen LogP contribution in [0, 0.1) is 13.8 Å². The van der Waals surface area contributed by atoms with Gasteiger partial charge in [0.2, 0.25) is 0 Å². The lowest BCUT2D eigenvalue weighted by molar-refractivity contribution is 1.12. The van der Waals surface area contributed by atoms with Crippen LogP contribution >= 0.6 is 12.6 Å². The average Bonchev–Trinajstić information content (AvgIpc) is 2.27. The molecule has 0 bridgehead atoms. The van der Waals surface area contributed by atoms with Gasteiger partial charge in [-0.15, -0.1) is 12.6 Å². The van der Waals surface area contributed by atoms with E-state index in [-0.39, 0.29) is 0 Å². The minimum atomic E-state index is 0.959. The van der Waals surface area contributed by atoms with E-state index in [0.717, 1.165) is 11.3 Å². The second kappa shape index (κ2) is 4.75.